The number of ether oxygens (including phenoxy) is 1. The van der Waals surface area contributed by atoms with Crippen molar-refractivity contribution in [1.82, 2.24) is 0 Å². The van der Waals surface area contributed by atoms with Crippen molar-refractivity contribution < 1.29 is 4.74 Å². The molecule has 1 heteroatoms. The second-order valence-electron chi connectivity index (χ2n) is 2.86. The summed E-state index contributed by atoms with van der Waals surface area (Å²) < 4.78 is 5.35. The van der Waals surface area contributed by atoms with Gasteiger partial charge >= 0.3 is 0 Å². The molecule has 12 heavy (non-hydrogen) atoms. The van der Waals surface area contributed by atoms with Crippen LogP contribution in [0.4, 0.5) is 0 Å². The van der Waals surface area contributed by atoms with Gasteiger partial charge in [0.05, 0.1) is 6.10 Å². The summed E-state index contributed by atoms with van der Waals surface area (Å²) in [5.74, 6) is 0. The molecule has 1 aliphatic rings. The fourth-order valence-electron chi connectivity index (χ4n) is 1.37. The average Bonchev–Trinajstić information content (AvgIpc) is 2.35. The maximum Gasteiger partial charge on any atom is 0.0815 e. The summed E-state index contributed by atoms with van der Waals surface area (Å²) in [6.45, 7) is 2.14. The Morgan fingerprint density at radius 3 is 3.00 bits per heavy atom. The summed E-state index contributed by atoms with van der Waals surface area (Å²) in [7, 11) is 1.77. The van der Waals surface area contributed by atoms with Crippen molar-refractivity contribution in [2.75, 3.05) is 7.11 Å². The van der Waals surface area contributed by atoms with Crippen LogP contribution in [-0.4, -0.2) is 13.2 Å². The quantitative estimate of drug-likeness (QED) is 0.623. The lowest BCUT2D eigenvalue weighted by Gasteiger charge is -2.13. The fraction of sp³-hybridized carbons (Fsp3) is 0.455. The maximum atomic E-state index is 5.35. The first-order chi connectivity index (χ1) is 5.88. The summed E-state index contributed by atoms with van der Waals surface area (Å²) in [5.41, 5.74) is 1.30. The molecule has 1 rings (SSSR count). The number of hydrogen-bond donors (Lipinski definition) is 0. The predicted molar refractivity (Wildman–Crippen MR) is 52.1 cm³/mol. The van der Waals surface area contributed by atoms with Crippen LogP contribution in [0.2, 0.25) is 0 Å². The molecular weight excluding hydrogens is 148 g/mol. The highest BCUT2D eigenvalue weighted by Gasteiger charge is 2.07. The zero-order valence-corrected chi connectivity index (χ0v) is 7.79. The summed E-state index contributed by atoms with van der Waals surface area (Å²) in [6.07, 6.45) is 13.0. The van der Waals surface area contributed by atoms with Crippen molar-refractivity contribution in [1.29, 1.82) is 0 Å². The summed E-state index contributed by atoms with van der Waals surface area (Å²) in [6, 6.07) is 0. The first-order valence-corrected chi connectivity index (χ1v) is 4.44. The monoisotopic (exact) mass is 164 g/mol. The minimum absolute atomic E-state index is 0.265. The molecule has 0 saturated heterocycles. The number of allylic oxidation sites excluding steroid dienone is 4. The minimum atomic E-state index is 0.265. The van der Waals surface area contributed by atoms with Gasteiger partial charge in [-0.15, -0.1) is 0 Å². The van der Waals surface area contributed by atoms with Crippen molar-refractivity contribution in [2.45, 2.75) is 25.9 Å². The summed E-state index contributed by atoms with van der Waals surface area (Å²) in [4.78, 5) is 0. The van der Waals surface area contributed by atoms with Crippen molar-refractivity contribution in [3.8, 4) is 0 Å². The smallest absolute Gasteiger partial charge is 0.0815 e. The van der Waals surface area contributed by atoms with Gasteiger partial charge in [0.2, 0.25) is 0 Å². The molecule has 0 saturated carbocycles. The highest BCUT2D eigenvalue weighted by atomic mass is 16.5. The van der Waals surface area contributed by atoms with E-state index in [1.54, 1.807) is 7.11 Å². The fourth-order valence-corrected chi connectivity index (χ4v) is 1.37. The Morgan fingerprint density at radius 1 is 1.50 bits per heavy atom. The number of hydrogen-bond acceptors (Lipinski definition) is 1. The van der Waals surface area contributed by atoms with E-state index in [0.29, 0.717) is 0 Å². The molecular formula is C11H16O. The Labute approximate surface area is 74.4 Å². The lowest BCUT2D eigenvalue weighted by Crippen LogP contribution is -2.10. The average molecular weight is 164 g/mol. The Balaban J connectivity index is 2.66. The predicted octanol–water partition coefficient (Wildman–Crippen LogP) is 2.85. The molecule has 0 fully saturated rings. The van der Waals surface area contributed by atoms with Gasteiger partial charge in [0, 0.05) is 7.11 Å². The molecule has 1 unspecified atom stereocenters. The van der Waals surface area contributed by atoms with Gasteiger partial charge in [-0.2, -0.15) is 0 Å². The maximum absolute atomic E-state index is 5.35. The van der Waals surface area contributed by atoms with E-state index < -0.39 is 0 Å². The van der Waals surface area contributed by atoms with Gasteiger partial charge in [-0.05, 0) is 18.4 Å². The first-order valence-electron chi connectivity index (χ1n) is 4.44. The van der Waals surface area contributed by atoms with Crippen molar-refractivity contribution >= 4 is 0 Å². The zero-order valence-electron chi connectivity index (χ0n) is 7.79. The van der Waals surface area contributed by atoms with Gasteiger partial charge in [0.15, 0.2) is 0 Å². The van der Waals surface area contributed by atoms with Crippen molar-refractivity contribution in [2.24, 2.45) is 0 Å². The van der Waals surface area contributed by atoms with E-state index in [4.69, 9.17) is 4.74 Å². The molecule has 1 nitrogen and oxygen atoms in total. The van der Waals surface area contributed by atoms with E-state index in [1.807, 2.05) is 0 Å². The number of rotatable bonds is 3. The molecule has 0 aliphatic heterocycles. The molecule has 0 aromatic heterocycles. The lowest BCUT2D eigenvalue weighted by atomic mass is 10.1. The van der Waals surface area contributed by atoms with Gasteiger partial charge in [-0.1, -0.05) is 37.3 Å². The van der Waals surface area contributed by atoms with Crippen molar-refractivity contribution in [3.05, 3.63) is 36.0 Å². The Morgan fingerprint density at radius 2 is 2.33 bits per heavy atom. The molecule has 0 amide bonds. The standard InChI is InChI=1S/C11H16O/c1-3-11(12-2)10-8-6-4-5-7-9-10/h4-6,8-9,11H,3,7H2,1-2H3. The van der Waals surface area contributed by atoms with Gasteiger partial charge < -0.3 is 4.74 Å². The lowest BCUT2D eigenvalue weighted by molar-refractivity contribution is 0.131. The van der Waals surface area contributed by atoms with E-state index in [1.165, 1.54) is 5.57 Å². The molecule has 0 bridgehead atoms. The van der Waals surface area contributed by atoms with Crippen LogP contribution in [0.5, 0.6) is 0 Å². The molecule has 1 atom stereocenters. The Kier molecular flexibility index (Phi) is 3.81. The molecule has 0 radical (unpaired) electrons. The van der Waals surface area contributed by atoms with E-state index in [9.17, 15) is 0 Å². The SMILES string of the molecule is CCC(OC)C1=CCC=CC=C1. The van der Waals surface area contributed by atoms with E-state index in [2.05, 4.69) is 37.3 Å². The van der Waals surface area contributed by atoms with Crippen LogP contribution >= 0.6 is 0 Å². The highest BCUT2D eigenvalue weighted by Crippen LogP contribution is 2.14. The van der Waals surface area contributed by atoms with E-state index in [-0.39, 0.29) is 6.10 Å². The minimum Gasteiger partial charge on any atom is -0.377 e. The molecule has 0 heterocycles. The third kappa shape index (κ3) is 2.35. The first kappa shape index (κ1) is 9.27. The van der Waals surface area contributed by atoms with E-state index >= 15 is 0 Å². The molecule has 0 aromatic carbocycles. The largest absolute Gasteiger partial charge is 0.377 e. The third-order valence-corrected chi connectivity index (χ3v) is 2.05. The van der Waals surface area contributed by atoms with Crippen molar-refractivity contribution in [3.63, 3.8) is 0 Å². The number of methoxy groups -OCH3 is 1. The van der Waals surface area contributed by atoms with Crippen LogP contribution in [-0.2, 0) is 4.74 Å². The highest BCUT2D eigenvalue weighted by molar-refractivity contribution is 5.29. The second-order valence-corrected chi connectivity index (χ2v) is 2.86. The van der Waals surface area contributed by atoms with Gasteiger partial charge in [0.1, 0.15) is 0 Å². The molecule has 0 N–H and O–H groups in total. The molecule has 66 valence electrons. The summed E-state index contributed by atoms with van der Waals surface area (Å²) in [5, 5.41) is 0. The van der Waals surface area contributed by atoms with E-state index in [0.717, 1.165) is 12.8 Å². The zero-order chi connectivity index (χ0) is 8.81. The van der Waals surface area contributed by atoms with Crippen LogP contribution < -0.4 is 0 Å². The second kappa shape index (κ2) is 4.94. The Hall–Kier alpha value is -0.820. The van der Waals surface area contributed by atoms with Crippen LogP contribution in [0.1, 0.15) is 19.8 Å². The van der Waals surface area contributed by atoms with Crippen LogP contribution in [0, 0.1) is 0 Å². The third-order valence-electron chi connectivity index (χ3n) is 2.05. The molecule has 0 aromatic rings. The topological polar surface area (TPSA) is 9.23 Å². The normalized spacial score (nSPS) is 18.7. The summed E-state index contributed by atoms with van der Waals surface area (Å²) >= 11 is 0. The Bertz CT molecular complexity index is 207. The molecule has 1 aliphatic carbocycles. The van der Waals surface area contributed by atoms with Gasteiger partial charge in [-0.3, -0.25) is 0 Å². The van der Waals surface area contributed by atoms with Gasteiger partial charge in [0.25, 0.3) is 0 Å². The van der Waals surface area contributed by atoms with Crippen LogP contribution in [0.3, 0.4) is 0 Å². The van der Waals surface area contributed by atoms with Gasteiger partial charge in [-0.25, -0.2) is 0 Å². The van der Waals surface area contributed by atoms with Crippen LogP contribution in [0.15, 0.2) is 36.0 Å². The molecule has 0 spiro atoms. The van der Waals surface area contributed by atoms with Crippen LogP contribution in [0.25, 0.3) is 0 Å².